The Morgan fingerprint density at radius 3 is 2.61 bits per heavy atom. The number of hydrogen-bond donors (Lipinski definition) is 2. The lowest BCUT2D eigenvalue weighted by molar-refractivity contribution is -0.122. The molecule has 5 heteroatoms. The first-order valence-electron chi connectivity index (χ1n) is 8.37. The first-order valence-corrected chi connectivity index (χ1v) is 8.75. The zero-order valence-corrected chi connectivity index (χ0v) is 15.4. The van der Waals surface area contributed by atoms with Crippen LogP contribution in [0.1, 0.15) is 38.2 Å². The number of piperidine rings is 1. The van der Waals surface area contributed by atoms with E-state index in [4.69, 9.17) is 11.6 Å². The molecule has 1 fully saturated rings. The Balaban J connectivity index is 0.00000264. The minimum Gasteiger partial charge on any atom is -0.356 e. The molecule has 2 rings (SSSR count). The van der Waals surface area contributed by atoms with Gasteiger partial charge < -0.3 is 10.6 Å². The zero-order chi connectivity index (χ0) is 15.8. The second kappa shape index (κ2) is 10.9. The molecule has 1 aliphatic heterocycles. The Hall–Kier alpha value is -0.770. The van der Waals surface area contributed by atoms with Crippen LogP contribution in [-0.4, -0.2) is 25.5 Å². The number of hydrogen-bond acceptors (Lipinski definition) is 2. The highest BCUT2D eigenvalue weighted by Crippen LogP contribution is 2.24. The molecular weight excluding hydrogens is 331 g/mol. The second-order valence-corrected chi connectivity index (χ2v) is 6.79. The fourth-order valence-electron chi connectivity index (χ4n) is 3.12. The molecule has 1 saturated heterocycles. The highest BCUT2D eigenvalue weighted by molar-refractivity contribution is 6.30. The molecule has 1 heterocycles. The molecule has 1 aliphatic rings. The predicted octanol–water partition coefficient (Wildman–Crippen LogP) is 3.84. The van der Waals surface area contributed by atoms with Crippen molar-refractivity contribution in [2.24, 2.45) is 11.8 Å². The van der Waals surface area contributed by atoms with E-state index in [1.807, 2.05) is 24.3 Å². The molecule has 1 atom stereocenters. The summed E-state index contributed by atoms with van der Waals surface area (Å²) in [6.45, 7) is 5.15. The molecule has 0 saturated carbocycles. The first-order chi connectivity index (χ1) is 10.6. The largest absolute Gasteiger partial charge is 0.356 e. The van der Waals surface area contributed by atoms with E-state index < -0.39 is 0 Å². The molecule has 0 spiro atoms. The molecule has 1 aromatic carbocycles. The number of nitrogens with one attached hydrogen (secondary N) is 2. The lowest BCUT2D eigenvalue weighted by atomic mass is 9.84. The molecular formula is C18H28Cl2N2O. The number of halogens is 2. The maximum Gasteiger partial charge on any atom is 0.220 e. The third kappa shape index (κ3) is 7.56. The monoisotopic (exact) mass is 358 g/mol. The molecule has 1 amide bonds. The maximum atomic E-state index is 12.0. The number of aryl methyl sites for hydroxylation is 1. The van der Waals surface area contributed by atoms with E-state index in [0.29, 0.717) is 18.3 Å². The topological polar surface area (TPSA) is 41.1 Å². The number of carbonyl (C=O) groups excluding carboxylic acids is 1. The predicted molar refractivity (Wildman–Crippen MR) is 99.4 cm³/mol. The van der Waals surface area contributed by atoms with Gasteiger partial charge in [0.1, 0.15) is 0 Å². The van der Waals surface area contributed by atoms with Gasteiger partial charge in [-0.2, -0.15) is 0 Å². The average Bonchev–Trinajstić information content (AvgIpc) is 2.54. The van der Waals surface area contributed by atoms with Crippen molar-refractivity contribution in [3.05, 3.63) is 34.9 Å². The van der Waals surface area contributed by atoms with Crippen molar-refractivity contribution in [2.45, 2.75) is 39.0 Å². The van der Waals surface area contributed by atoms with Crippen LogP contribution < -0.4 is 10.6 Å². The first kappa shape index (κ1) is 20.3. The third-order valence-electron chi connectivity index (χ3n) is 4.57. The van der Waals surface area contributed by atoms with Crippen molar-refractivity contribution in [3.63, 3.8) is 0 Å². The highest BCUT2D eigenvalue weighted by Gasteiger charge is 2.21. The zero-order valence-electron chi connectivity index (χ0n) is 13.8. The Morgan fingerprint density at radius 1 is 1.30 bits per heavy atom. The fraction of sp³-hybridized carbons (Fsp3) is 0.611. The third-order valence-corrected chi connectivity index (χ3v) is 4.83. The van der Waals surface area contributed by atoms with Crippen molar-refractivity contribution in [1.29, 1.82) is 0 Å². The Morgan fingerprint density at radius 2 is 1.96 bits per heavy atom. The second-order valence-electron chi connectivity index (χ2n) is 6.35. The minimum absolute atomic E-state index is 0. The Kier molecular flexibility index (Phi) is 9.61. The van der Waals surface area contributed by atoms with Gasteiger partial charge in [0, 0.05) is 18.0 Å². The lowest BCUT2D eigenvalue weighted by Gasteiger charge is -2.27. The summed E-state index contributed by atoms with van der Waals surface area (Å²) < 4.78 is 0. The van der Waals surface area contributed by atoms with Crippen molar-refractivity contribution in [3.8, 4) is 0 Å². The van der Waals surface area contributed by atoms with Crippen molar-refractivity contribution in [2.75, 3.05) is 19.6 Å². The van der Waals surface area contributed by atoms with E-state index >= 15 is 0 Å². The van der Waals surface area contributed by atoms with Gasteiger partial charge in [-0.25, -0.2) is 0 Å². The van der Waals surface area contributed by atoms with E-state index in [2.05, 4.69) is 17.6 Å². The summed E-state index contributed by atoms with van der Waals surface area (Å²) in [5.74, 6) is 1.38. The fourth-order valence-corrected chi connectivity index (χ4v) is 3.24. The van der Waals surface area contributed by atoms with Crippen LogP contribution in [0, 0.1) is 11.8 Å². The molecule has 1 unspecified atom stereocenters. The van der Waals surface area contributed by atoms with Crippen LogP contribution in [0.2, 0.25) is 5.02 Å². The lowest BCUT2D eigenvalue weighted by Crippen LogP contribution is -2.33. The van der Waals surface area contributed by atoms with Crippen LogP contribution in [0.3, 0.4) is 0 Å². The molecule has 0 aliphatic carbocycles. The van der Waals surface area contributed by atoms with Crippen molar-refractivity contribution >= 4 is 29.9 Å². The molecule has 0 bridgehead atoms. The van der Waals surface area contributed by atoms with Crippen LogP contribution in [-0.2, 0) is 11.2 Å². The maximum absolute atomic E-state index is 12.0. The Labute approximate surface area is 151 Å². The van der Waals surface area contributed by atoms with Gasteiger partial charge in [-0.1, -0.05) is 30.7 Å². The summed E-state index contributed by atoms with van der Waals surface area (Å²) >= 11 is 5.87. The van der Waals surface area contributed by atoms with Crippen LogP contribution in [0.4, 0.5) is 0 Å². The quantitative estimate of drug-likeness (QED) is 0.727. The summed E-state index contributed by atoms with van der Waals surface area (Å²) in [6.07, 6.45) is 5.00. The van der Waals surface area contributed by atoms with E-state index in [-0.39, 0.29) is 18.3 Å². The number of amides is 1. The van der Waals surface area contributed by atoms with Crippen LogP contribution in [0.15, 0.2) is 24.3 Å². The standard InChI is InChI=1S/C18H27ClN2O.ClH/c1-14(16-8-11-20-12-9-16)13-18(22)21-10-2-3-15-4-6-17(19)7-5-15;/h4-7,14,16,20H,2-3,8-13H2,1H3,(H,21,22);1H. The van der Waals surface area contributed by atoms with Crippen LogP contribution in [0.5, 0.6) is 0 Å². The van der Waals surface area contributed by atoms with E-state index in [1.165, 1.54) is 18.4 Å². The van der Waals surface area contributed by atoms with Gasteiger partial charge in [0.2, 0.25) is 5.91 Å². The molecule has 0 radical (unpaired) electrons. The van der Waals surface area contributed by atoms with Gasteiger partial charge in [0.05, 0.1) is 0 Å². The van der Waals surface area contributed by atoms with Gasteiger partial charge in [0.15, 0.2) is 0 Å². The van der Waals surface area contributed by atoms with Crippen molar-refractivity contribution in [1.82, 2.24) is 10.6 Å². The molecule has 3 nitrogen and oxygen atoms in total. The van der Waals surface area contributed by atoms with Gasteiger partial charge in [0.25, 0.3) is 0 Å². The summed E-state index contributed by atoms with van der Waals surface area (Å²) in [5.41, 5.74) is 1.27. The summed E-state index contributed by atoms with van der Waals surface area (Å²) in [5, 5.41) is 7.20. The van der Waals surface area contributed by atoms with Gasteiger partial charge in [-0.05, 0) is 68.3 Å². The molecule has 0 aromatic heterocycles. The number of rotatable bonds is 7. The van der Waals surface area contributed by atoms with Crippen LogP contribution >= 0.6 is 24.0 Å². The summed E-state index contributed by atoms with van der Waals surface area (Å²) in [6, 6.07) is 7.92. The molecule has 130 valence electrons. The number of benzene rings is 1. The summed E-state index contributed by atoms with van der Waals surface area (Å²) in [4.78, 5) is 12.0. The van der Waals surface area contributed by atoms with Gasteiger partial charge in [-0.3, -0.25) is 4.79 Å². The van der Waals surface area contributed by atoms with Crippen molar-refractivity contribution < 1.29 is 4.79 Å². The van der Waals surface area contributed by atoms with E-state index in [9.17, 15) is 4.79 Å². The summed E-state index contributed by atoms with van der Waals surface area (Å²) in [7, 11) is 0. The van der Waals surface area contributed by atoms with E-state index in [1.54, 1.807) is 0 Å². The van der Waals surface area contributed by atoms with Gasteiger partial charge in [-0.15, -0.1) is 12.4 Å². The van der Waals surface area contributed by atoms with E-state index in [0.717, 1.165) is 37.5 Å². The number of carbonyl (C=O) groups is 1. The molecule has 1 aromatic rings. The normalized spacial score (nSPS) is 16.4. The average molecular weight is 359 g/mol. The molecule has 2 N–H and O–H groups in total. The van der Waals surface area contributed by atoms with Crippen LogP contribution in [0.25, 0.3) is 0 Å². The highest BCUT2D eigenvalue weighted by atomic mass is 35.5. The SMILES string of the molecule is CC(CC(=O)NCCCc1ccc(Cl)cc1)C1CCNCC1.Cl. The smallest absolute Gasteiger partial charge is 0.220 e. The minimum atomic E-state index is 0. The Bertz CT molecular complexity index is 459. The molecule has 23 heavy (non-hydrogen) atoms. The van der Waals surface area contributed by atoms with Gasteiger partial charge >= 0.3 is 0 Å².